The molecule has 0 radical (unpaired) electrons. The third kappa shape index (κ3) is 7.23. The first-order valence-electron chi connectivity index (χ1n) is 2.79. The van der Waals surface area contributed by atoms with E-state index < -0.39 is 16.0 Å². The summed E-state index contributed by atoms with van der Waals surface area (Å²) in [4.78, 5) is 10.4. The zero-order valence-electron chi connectivity index (χ0n) is 6.03. The van der Waals surface area contributed by atoms with Gasteiger partial charge in [0.05, 0.1) is 19.3 Å². The summed E-state index contributed by atoms with van der Waals surface area (Å²) >= 11 is 0. The topological polar surface area (TPSA) is 98.5 Å². The largest absolute Gasteiger partial charge is 0.294 e. The number of nitrogens with one attached hydrogen (secondary N) is 1. The smallest absolute Gasteiger partial charge is 0.264 e. The lowest BCUT2D eigenvalue weighted by molar-refractivity contribution is -0.121. The maximum atomic E-state index is 10.4. The Labute approximate surface area is 64.8 Å². The summed E-state index contributed by atoms with van der Waals surface area (Å²) < 4.78 is 24.9. The summed E-state index contributed by atoms with van der Waals surface area (Å²) in [6.07, 6.45) is 0.844. The molecule has 0 fully saturated rings. The molecule has 0 saturated heterocycles. The van der Waals surface area contributed by atoms with Gasteiger partial charge in [-0.1, -0.05) is 0 Å². The van der Waals surface area contributed by atoms with Crippen LogP contribution in [0.25, 0.3) is 0 Å². The van der Waals surface area contributed by atoms with Gasteiger partial charge in [-0.3, -0.25) is 14.4 Å². The van der Waals surface area contributed by atoms with Crippen LogP contribution in [0.2, 0.25) is 0 Å². The van der Waals surface area contributed by atoms with Crippen molar-refractivity contribution < 1.29 is 17.4 Å². The highest BCUT2D eigenvalue weighted by molar-refractivity contribution is 7.85. The van der Waals surface area contributed by atoms with Crippen molar-refractivity contribution >= 4 is 16.0 Å². The van der Waals surface area contributed by atoms with Crippen LogP contribution in [-0.4, -0.2) is 27.2 Å². The second-order valence-electron chi connectivity index (χ2n) is 1.84. The third-order valence-corrected chi connectivity index (χ3v) is 1.38. The minimum atomic E-state index is -3.45. The standard InChI is InChI=1S/C4H10N2O4S/c1-11(8,9)10-3-2-4(7)6-5/h2-3,5H2,1H3,(H,6,7). The molecule has 66 valence electrons. The van der Waals surface area contributed by atoms with Crippen molar-refractivity contribution in [2.24, 2.45) is 5.84 Å². The van der Waals surface area contributed by atoms with Gasteiger partial charge < -0.3 is 0 Å². The Kier molecular flexibility index (Phi) is 4.01. The minimum absolute atomic E-state index is 0.0659. The Morgan fingerprint density at radius 1 is 1.64 bits per heavy atom. The number of hydrogen-bond donors (Lipinski definition) is 2. The third-order valence-electron chi connectivity index (χ3n) is 0.788. The number of hydrazine groups is 1. The lowest BCUT2D eigenvalue weighted by atomic mass is 10.4. The maximum Gasteiger partial charge on any atom is 0.264 e. The van der Waals surface area contributed by atoms with E-state index in [-0.39, 0.29) is 13.0 Å². The van der Waals surface area contributed by atoms with Gasteiger partial charge in [-0.2, -0.15) is 8.42 Å². The van der Waals surface area contributed by atoms with Crippen molar-refractivity contribution in [2.75, 3.05) is 12.9 Å². The van der Waals surface area contributed by atoms with Gasteiger partial charge in [0.15, 0.2) is 0 Å². The van der Waals surface area contributed by atoms with Gasteiger partial charge in [-0.25, -0.2) is 5.84 Å². The van der Waals surface area contributed by atoms with E-state index in [1.54, 1.807) is 0 Å². The second-order valence-corrected chi connectivity index (χ2v) is 3.49. The summed E-state index contributed by atoms with van der Waals surface area (Å²) in [7, 11) is -3.45. The minimum Gasteiger partial charge on any atom is -0.294 e. The van der Waals surface area contributed by atoms with Crippen molar-refractivity contribution in [3.05, 3.63) is 0 Å². The zero-order chi connectivity index (χ0) is 8.91. The zero-order valence-corrected chi connectivity index (χ0v) is 6.85. The van der Waals surface area contributed by atoms with Crippen LogP contribution < -0.4 is 11.3 Å². The van der Waals surface area contributed by atoms with Crippen LogP contribution >= 0.6 is 0 Å². The van der Waals surface area contributed by atoms with Crippen molar-refractivity contribution in [1.29, 1.82) is 0 Å². The fraction of sp³-hybridized carbons (Fsp3) is 0.750. The van der Waals surface area contributed by atoms with Gasteiger partial charge >= 0.3 is 0 Å². The molecule has 11 heavy (non-hydrogen) atoms. The summed E-state index contributed by atoms with van der Waals surface area (Å²) in [5.74, 6) is 4.25. The molecule has 0 saturated carbocycles. The second kappa shape index (κ2) is 4.27. The predicted octanol–water partition coefficient (Wildman–Crippen LogP) is -1.66. The average Bonchev–Trinajstić information content (AvgIpc) is 1.85. The summed E-state index contributed by atoms with van der Waals surface area (Å²) in [5, 5.41) is 0. The van der Waals surface area contributed by atoms with Crippen LogP contribution in [-0.2, 0) is 19.1 Å². The molecule has 0 spiro atoms. The molecule has 0 rings (SSSR count). The van der Waals surface area contributed by atoms with Crippen molar-refractivity contribution in [2.45, 2.75) is 6.42 Å². The molecule has 0 aromatic carbocycles. The normalized spacial score (nSPS) is 11.1. The Hall–Kier alpha value is -0.660. The molecule has 0 atom stereocenters. The first kappa shape index (κ1) is 10.3. The van der Waals surface area contributed by atoms with Crippen LogP contribution in [0.5, 0.6) is 0 Å². The van der Waals surface area contributed by atoms with E-state index in [1.165, 1.54) is 0 Å². The van der Waals surface area contributed by atoms with Gasteiger partial charge in [-0.15, -0.1) is 0 Å². The quantitative estimate of drug-likeness (QED) is 0.235. The number of nitrogens with two attached hydrogens (primary N) is 1. The van der Waals surface area contributed by atoms with E-state index in [2.05, 4.69) is 4.18 Å². The molecule has 0 heterocycles. The molecule has 6 nitrogen and oxygen atoms in total. The first-order chi connectivity index (χ1) is 4.95. The van der Waals surface area contributed by atoms with Gasteiger partial charge in [0.1, 0.15) is 0 Å². The number of rotatable bonds is 4. The van der Waals surface area contributed by atoms with E-state index in [4.69, 9.17) is 5.84 Å². The summed E-state index contributed by atoms with van der Waals surface area (Å²) in [5.41, 5.74) is 1.84. The number of carbonyl (C=O) groups is 1. The van der Waals surface area contributed by atoms with Crippen LogP contribution in [0.1, 0.15) is 6.42 Å². The molecular weight excluding hydrogens is 172 g/mol. The lowest BCUT2D eigenvalue weighted by Gasteiger charge is -1.99. The summed E-state index contributed by atoms with van der Waals surface area (Å²) in [6, 6.07) is 0. The monoisotopic (exact) mass is 182 g/mol. The van der Waals surface area contributed by atoms with E-state index in [0.29, 0.717) is 0 Å². The molecule has 0 aliphatic carbocycles. The number of carbonyl (C=O) groups excluding carboxylic acids is 1. The highest BCUT2D eigenvalue weighted by atomic mass is 32.2. The fourth-order valence-corrected chi connectivity index (χ4v) is 0.744. The SMILES string of the molecule is CS(=O)(=O)OCCC(=O)NN. The number of amides is 1. The van der Waals surface area contributed by atoms with Gasteiger partial charge in [-0.05, 0) is 0 Å². The van der Waals surface area contributed by atoms with Crippen LogP contribution in [0.3, 0.4) is 0 Å². The van der Waals surface area contributed by atoms with E-state index in [9.17, 15) is 13.2 Å². The van der Waals surface area contributed by atoms with Gasteiger partial charge in [0.25, 0.3) is 10.1 Å². The molecular formula is C4H10N2O4S. The molecule has 0 aliphatic heterocycles. The first-order valence-corrected chi connectivity index (χ1v) is 4.61. The Morgan fingerprint density at radius 2 is 2.18 bits per heavy atom. The predicted molar refractivity (Wildman–Crippen MR) is 37.7 cm³/mol. The molecule has 3 N–H and O–H groups in total. The molecule has 0 aromatic heterocycles. The van der Waals surface area contributed by atoms with Crippen molar-refractivity contribution in [3.8, 4) is 0 Å². The Morgan fingerprint density at radius 3 is 2.55 bits per heavy atom. The molecule has 0 aromatic rings. The van der Waals surface area contributed by atoms with E-state index in [1.807, 2.05) is 5.43 Å². The Bertz CT molecular complexity index is 222. The maximum absolute atomic E-state index is 10.4. The highest BCUT2D eigenvalue weighted by Crippen LogP contribution is 1.88. The van der Waals surface area contributed by atoms with Crippen LogP contribution in [0, 0.1) is 0 Å². The van der Waals surface area contributed by atoms with E-state index in [0.717, 1.165) is 6.26 Å². The molecule has 0 unspecified atom stereocenters. The van der Waals surface area contributed by atoms with Crippen LogP contribution in [0.4, 0.5) is 0 Å². The average molecular weight is 182 g/mol. The van der Waals surface area contributed by atoms with Crippen LogP contribution in [0.15, 0.2) is 0 Å². The van der Waals surface area contributed by atoms with Gasteiger partial charge in [0.2, 0.25) is 5.91 Å². The fourth-order valence-electron chi connectivity index (χ4n) is 0.358. The highest BCUT2D eigenvalue weighted by Gasteiger charge is 2.03. The molecule has 0 bridgehead atoms. The van der Waals surface area contributed by atoms with E-state index >= 15 is 0 Å². The molecule has 1 amide bonds. The number of hydrogen-bond acceptors (Lipinski definition) is 5. The molecule has 0 aliphatic rings. The summed E-state index contributed by atoms with van der Waals surface area (Å²) in [6.45, 7) is -0.179. The Balaban J connectivity index is 3.51. The molecule has 7 heteroatoms. The van der Waals surface area contributed by atoms with Gasteiger partial charge in [0, 0.05) is 0 Å². The van der Waals surface area contributed by atoms with Crippen molar-refractivity contribution in [3.63, 3.8) is 0 Å². The van der Waals surface area contributed by atoms with Crippen molar-refractivity contribution in [1.82, 2.24) is 5.43 Å². The lowest BCUT2D eigenvalue weighted by Crippen LogP contribution is -2.30.